The van der Waals surface area contributed by atoms with Crippen LogP contribution in [0, 0.1) is 24.7 Å². The summed E-state index contributed by atoms with van der Waals surface area (Å²) in [5, 5.41) is 2.92. The van der Waals surface area contributed by atoms with Gasteiger partial charge in [-0.2, -0.15) is 4.31 Å². The number of rotatable bonds is 7. The molecule has 2 saturated carbocycles. The van der Waals surface area contributed by atoms with E-state index in [1.807, 2.05) is 13.8 Å². The highest BCUT2D eigenvalue weighted by Gasteiger charge is 2.40. The molecule has 1 N–H and O–H groups in total. The summed E-state index contributed by atoms with van der Waals surface area (Å²) in [4.78, 5) is 12.7. The van der Waals surface area contributed by atoms with E-state index < -0.39 is 10.0 Å². The summed E-state index contributed by atoms with van der Waals surface area (Å²) >= 11 is 0. The lowest BCUT2D eigenvalue weighted by Crippen LogP contribution is -2.31. The number of nitrogens with one attached hydrogen (secondary N) is 1. The lowest BCUT2D eigenvalue weighted by atomic mass is 9.86. The molecule has 0 heterocycles. The first kappa shape index (κ1) is 19.4. The quantitative estimate of drug-likeness (QED) is 0.785. The van der Waals surface area contributed by atoms with Crippen molar-refractivity contribution < 1.29 is 13.2 Å². The van der Waals surface area contributed by atoms with Crippen LogP contribution in [0.3, 0.4) is 0 Å². The molecule has 2 aliphatic rings. The van der Waals surface area contributed by atoms with Crippen LogP contribution in [-0.4, -0.2) is 31.7 Å². The van der Waals surface area contributed by atoms with Gasteiger partial charge in [0.1, 0.15) is 0 Å². The first-order chi connectivity index (χ1) is 12.3. The van der Waals surface area contributed by atoms with Gasteiger partial charge in [0.25, 0.3) is 0 Å². The number of amides is 1. The van der Waals surface area contributed by atoms with Crippen LogP contribution in [0.5, 0.6) is 0 Å². The first-order valence-corrected chi connectivity index (χ1v) is 11.2. The van der Waals surface area contributed by atoms with Gasteiger partial charge >= 0.3 is 0 Å². The molecule has 3 atom stereocenters. The zero-order chi connectivity index (χ0) is 18.9. The highest BCUT2D eigenvalue weighted by atomic mass is 32.2. The predicted molar refractivity (Wildman–Crippen MR) is 103 cm³/mol. The fraction of sp³-hybridized carbons (Fsp3) is 0.650. The van der Waals surface area contributed by atoms with Crippen LogP contribution in [-0.2, 0) is 14.8 Å². The number of benzene rings is 1. The van der Waals surface area contributed by atoms with Gasteiger partial charge < -0.3 is 5.32 Å². The SMILES string of the molecule is CCN(CC)S(=O)(=O)c1cc(NC(=O)C[C@@H]2C[C@@H]3CC[C@@H]2C3)ccc1C. The van der Waals surface area contributed by atoms with E-state index >= 15 is 0 Å². The smallest absolute Gasteiger partial charge is 0.243 e. The minimum Gasteiger partial charge on any atom is -0.326 e. The Morgan fingerprint density at radius 2 is 1.92 bits per heavy atom. The molecule has 0 radical (unpaired) electrons. The normalized spacial score (nSPS) is 25.0. The fourth-order valence-corrected chi connectivity index (χ4v) is 6.44. The summed E-state index contributed by atoms with van der Waals surface area (Å²) in [5.74, 6) is 2.03. The van der Waals surface area contributed by atoms with Gasteiger partial charge in [0.05, 0.1) is 4.90 Å². The first-order valence-electron chi connectivity index (χ1n) is 9.75. The maximum absolute atomic E-state index is 12.8. The Morgan fingerprint density at radius 1 is 1.19 bits per heavy atom. The number of hydrogen-bond acceptors (Lipinski definition) is 3. The zero-order valence-corrected chi connectivity index (χ0v) is 16.8. The molecule has 0 aliphatic heterocycles. The van der Waals surface area contributed by atoms with Crippen LogP contribution in [0.2, 0.25) is 0 Å². The molecule has 0 saturated heterocycles. The molecule has 0 spiro atoms. The number of anilines is 1. The van der Waals surface area contributed by atoms with Crippen molar-refractivity contribution in [3.63, 3.8) is 0 Å². The van der Waals surface area contributed by atoms with Crippen molar-refractivity contribution in [2.75, 3.05) is 18.4 Å². The topological polar surface area (TPSA) is 66.5 Å². The summed E-state index contributed by atoms with van der Waals surface area (Å²) in [7, 11) is -3.54. The summed E-state index contributed by atoms with van der Waals surface area (Å²) in [5.41, 5.74) is 1.26. The Morgan fingerprint density at radius 3 is 2.50 bits per heavy atom. The lowest BCUT2D eigenvalue weighted by Gasteiger charge is -2.22. The van der Waals surface area contributed by atoms with E-state index in [0.29, 0.717) is 42.6 Å². The second-order valence-corrected chi connectivity index (χ2v) is 9.66. The summed E-state index contributed by atoms with van der Waals surface area (Å²) < 4.78 is 27.1. The van der Waals surface area contributed by atoms with Gasteiger partial charge in [-0.1, -0.05) is 26.3 Å². The van der Waals surface area contributed by atoms with Crippen LogP contribution in [0.25, 0.3) is 0 Å². The molecule has 2 fully saturated rings. The Balaban J connectivity index is 1.72. The Labute approximate surface area is 157 Å². The van der Waals surface area contributed by atoms with Crippen LogP contribution in [0.1, 0.15) is 51.5 Å². The Bertz CT molecular complexity index is 771. The van der Waals surface area contributed by atoms with Crippen molar-refractivity contribution in [2.24, 2.45) is 17.8 Å². The monoisotopic (exact) mass is 378 g/mol. The third kappa shape index (κ3) is 3.81. The molecule has 1 aromatic carbocycles. The standard InChI is InChI=1S/C20H30N2O3S/c1-4-22(5-2)26(24,25)19-13-18(9-6-14(19)3)21-20(23)12-17-11-15-7-8-16(17)10-15/h6,9,13,15-17H,4-5,7-8,10-12H2,1-3H3,(H,21,23)/t15-,16-,17+/m1/s1. The molecule has 3 rings (SSSR count). The van der Waals surface area contributed by atoms with Gasteiger partial charge in [-0.25, -0.2) is 8.42 Å². The minimum absolute atomic E-state index is 0.00223. The summed E-state index contributed by atoms with van der Waals surface area (Å²) in [6, 6.07) is 5.15. The van der Waals surface area contributed by atoms with Crippen LogP contribution < -0.4 is 5.32 Å². The van der Waals surface area contributed by atoms with E-state index in [2.05, 4.69) is 5.32 Å². The number of carbonyl (C=O) groups excluding carboxylic acids is 1. The molecule has 144 valence electrons. The predicted octanol–water partition coefficient (Wildman–Crippen LogP) is 3.79. The highest BCUT2D eigenvalue weighted by Crippen LogP contribution is 2.49. The largest absolute Gasteiger partial charge is 0.326 e. The van der Waals surface area contributed by atoms with E-state index in [0.717, 1.165) is 5.92 Å². The molecule has 2 bridgehead atoms. The average Bonchev–Trinajstić information content (AvgIpc) is 3.20. The number of hydrogen-bond donors (Lipinski definition) is 1. The van der Waals surface area contributed by atoms with Crippen LogP contribution in [0.15, 0.2) is 23.1 Å². The van der Waals surface area contributed by atoms with Gasteiger partial charge in [-0.3, -0.25) is 4.79 Å². The van der Waals surface area contributed by atoms with Crippen molar-refractivity contribution in [1.82, 2.24) is 4.31 Å². The van der Waals surface area contributed by atoms with E-state index in [9.17, 15) is 13.2 Å². The number of carbonyl (C=O) groups is 1. The second kappa shape index (κ2) is 7.69. The van der Waals surface area contributed by atoms with Crippen molar-refractivity contribution in [3.05, 3.63) is 23.8 Å². The number of nitrogens with zero attached hydrogens (tertiary/aromatic N) is 1. The molecule has 0 aromatic heterocycles. The third-order valence-electron chi connectivity index (χ3n) is 6.13. The van der Waals surface area contributed by atoms with E-state index in [4.69, 9.17) is 0 Å². The highest BCUT2D eigenvalue weighted by molar-refractivity contribution is 7.89. The van der Waals surface area contributed by atoms with E-state index in [1.54, 1.807) is 25.1 Å². The number of sulfonamides is 1. The van der Waals surface area contributed by atoms with E-state index in [1.165, 1.54) is 30.0 Å². The summed E-state index contributed by atoms with van der Waals surface area (Å²) in [6.07, 6.45) is 5.60. The number of fused-ring (bicyclic) bond motifs is 2. The zero-order valence-electron chi connectivity index (χ0n) is 16.0. The second-order valence-electron chi connectivity index (χ2n) is 7.76. The maximum atomic E-state index is 12.8. The van der Waals surface area contributed by atoms with Crippen molar-refractivity contribution in [3.8, 4) is 0 Å². The van der Waals surface area contributed by atoms with Gasteiger partial charge in [0.2, 0.25) is 15.9 Å². The maximum Gasteiger partial charge on any atom is 0.243 e. The third-order valence-corrected chi connectivity index (χ3v) is 8.32. The fourth-order valence-electron chi connectivity index (χ4n) is 4.73. The molecule has 2 aliphatic carbocycles. The van der Waals surface area contributed by atoms with Gasteiger partial charge in [-0.15, -0.1) is 0 Å². The van der Waals surface area contributed by atoms with Crippen molar-refractivity contribution in [1.29, 1.82) is 0 Å². The van der Waals surface area contributed by atoms with Gasteiger partial charge in [0.15, 0.2) is 0 Å². The Hall–Kier alpha value is -1.40. The molecular formula is C20H30N2O3S. The Kier molecular flexibility index (Phi) is 5.72. The minimum atomic E-state index is -3.54. The molecule has 6 heteroatoms. The lowest BCUT2D eigenvalue weighted by molar-refractivity contribution is -0.117. The van der Waals surface area contributed by atoms with Crippen LogP contribution >= 0.6 is 0 Å². The van der Waals surface area contributed by atoms with Crippen molar-refractivity contribution in [2.45, 2.75) is 57.8 Å². The number of aryl methyl sites for hydroxylation is 1. The molecular weight excluding hydrogens is 348 g/mol. The van der Waals surface area contributed by atoms with Gasteiger partial charge in [-0.05, 0) is 61.6 Å². The molecule has 26 heavy (non-hydrogen) atoms. The average molecular weight is 379 g/mol. The molecule has 5 nitrogen and oxygen atoms in total. The molecule has 0 unspecified atom stereocenters. The molecule has 1 aromatic rings. The summed E-state index contributed by atoms with van der Waals surface area (Å²) in [6.45, 7) is 6.31. The van der Waals surface area contributed by atoms with Crippen LogP contribution in [0.4, 0.5) is 5.69 Å². The molecule has 1 amide bonds. The van der Waals surface area contributed by atoms with Gasteiger partial charge in [0, 0.05) is 25.2 Å². The van der Waals surface area contributed by atoms with E-state index in [-0.39, 0.29) is 10.8 Å². The van der Waals surface area contributed by atoms with Crippen molar-refractivity contribution >= 4 is 21.6 Å².